The molecule has 0 amide bonds. The van der Waals surface area contributed by atoms with E-state index in [1.165, 1.54) is 20.1 Å². The van der Waals surface area contributed by atoms with Gasteiger partial charge in [-0.15, -0.1) is 0 Å². The van der Waals surface area contributed by atoms with Crippen molar-refractivity contribution in [3.63, 3.8) is 0 Å². The van der Waals surface area contributed by atoms with Gasteiger partial charge in [0, 0.05) is 0 Å². The van der Waals surface area contributed by atoms with Crippen molar-refractivity contribution in [2.45, 2.75) is 0 Å². The van der Waals surface area contributed by atoms with Crippen LogP contribution in [0.2, 0.25) is 0 Å². The third kappa shape index (κ3) is 3.95. The molecule has 2 aromatic carbocycles. The average Bonchev–Trinajstić information content (AvgIpc) is 2.74. The van der Waals surface area contributed by atoms with Crippen LogP contribution in [0, 0.1) is 0 Å². The molecule has 0 spiro atoms. The van der Waals surface area contributed by atoms with Crippen molar-refractivity contribution in [2.75, 3.05) is 0 Å². The number of aromatic nitrogens is 2. The van der Waals surface area contributed by atoms with Crippen LogP contribution in [0.3, 0.4) is 0 Å². The van der Waals surface area contributed by atoms with Crippen LogP contribution < -0.4 is 8.92 Å². The average molecular weight is 466 g/mol. The van der Waals surface area contributed by atoms with Gasteiger partial charge in [0.15, 0.2) is 0 Å². The van der Waals surface area contributed by atoms with E-state index in [4.69, 9.17) is 0 Å². The van der Waals surface area contributed by atoms with Gasteiger partial charge in [-0.2, -0.15) is 0 Å². The molecule has 0 saturated heterocycles. The second-order valence-corrected chi connectivity index (χ2v) is 11.8. The first-order valence-electron chi connectivity index (χ1n) is 8.27. The molecule has 126 valence electrons. The molecule has 26 heavy (non-hydrogen) atoms. The summed E-state index contributed by atoms with van der Waals surface area (Å²) in [7, 11) is 0. The summed E-state index contributed by atoms with van der Waals surface area (Å²) in [5, 5.41) is 0. The van der Waals surface area contributed by atoms with Crippen molar-refractivity contribution in [3.05, 3.63) is 97.3 Å². The zero-order valence-corrected chi connectivity index (χ0v) is 17.4. The molecule has 0 N–H and O–H groups in total. The molecule has 0 radical (unpaired) electrons. The van der Waals surface area contributed by atoms with E-state index in [2.05, 4.69) is 70.6 Å². The van der Waals surface area contributed by atoms with Crippen molar-refractivity contribution in [2.24, 2.45) is 0 Å². The van der Waals surface area contributed by atoms with E-state index < -0.39 is 0 Å². The van der Waals surface area contributed by atoms with E-state index in [1.54, 1.807) is 0 Å². The molecule has 2 nitrogen and oxygen atoms in total. The summed E-state index contributed by atoms with van der Waals surface area (Å²) in [5.74, 6) is 0. The summed E-state index contributed by atoms with van der Waals surface area (Å²) in [4.78, 5) is 9.07. The summed E-state index contributed by atoms with van der Waals surface area (Å²) in [6, 6.07) is 29.5. The topological polar surface area (TPSA) is 25.8 Å². The van der Waals surface area contributed by atoms with Crippen LogP contribution in [0.4, 0.5) is 0 Å². The molecule has 0 aliphatic carbocycles. The SMILES string of the molecule is c1ccc(-c2ccccc2[Se][Se]c2ccccc2-c2ccccn2)nc1. The molecular weight excluding hydrogens is 450 g/mol. The maximum atomic E-state index is 4.54. The van der Waals surface area contributed by atoms with Crippen LogP contribution in [-0.4, -0.2) is 36.2 Å². The van der Waals surface area contributed by atoms with E-state index in [1.807, 2.05) is 36.7 Å². The Labute approximate surface area is 164 Å². The van der Waals surface area contributed by atoms with Gasteiger partial charge in [0.25, 0.3) is 0 Å². The Balaban J connectivity index is 1.62. The quantitative estimate of drug-likeness (QED) is 0.423. The van der Waals surface area contributed by atoms with Gasteiger partial charge in [-0.25, -0.2) is 0 Å². The van der Waals surface area contributed by atoms with Crippen molar-refractivity contribution in [3.8, 4) is 22.5 Å². The Morgan fingerprint density at radius 3 is 1.31 bits per heavy atom. The number of hydrogen-bond donors (Lipinski definition) is 0. The van der Waals surface area contributed by atoms with Gasteiger partial charge in [0.05, 0.1) is 0 Å². The Bertz CT molecular complexity index is 906. The summed E-state index contributed by atoms with van der Waals surface area (Å²) >= 11 is 0.762. The number of benzene rings is 2. The van der Waals surface area contributed by atoms with E-state index >= 15 is 0 Å². The van der Waals surface area contributed by atoms with Crippen molar-refractivity contribution < 1.29 is 0 Å². The maximum absolute atomic E-state index is 4.54. The number of pyridine rings is 2. The molecule has 4 aromatic rings. The summed E-state index contributed by atoms with van der Waals surface area (Å²) in [6.07, 6.45) is 3.72. The fourth-order valence-corrected chi connectivity index (χ4v) is 9.80. The molecule has 0 bridgehead atoms. The van der Waals surface area contributed by atoms with Gasteiger partial charge < -0.3 is 0 Å². The molecule has 2 heterocycles. The molecule has 4 heteroatoms. The molecule has 0 aliphatic heterocycles. The minimum absolute atomic E-state index is 0.381. The number of rotatable bonds is 5. The first-order valence-corrected chi connectivity index (χ1v) is 14.3. The van der Waals surface area contributed by atoms with Gasteiger partial charge in [-0.3, -0.25) is 0 Å². The van der Waals surface area contributed by atoms with Crippen LogP contribution in [0.15, 0.2) is 97.3 Å². The van der Waals surface area contributed by atoms with Crippen molar-refractivity contribution >= 4 is 35.2 Å². The second kappa shape index (κ2) is 8.44. The Morgan fingerprint density at radius 2 is 0.885 bits per heavy atom. The number of nitrogens with zero attached hydrogens (tertiary/aromatic N) is 2. The van der Waals surface area contributed by atoms with E-state index in [-0.39, 0.29) is 0 Å². The molecule has 0 atom stereocenters. The van der Waals surface area contributed by atoms with Crippen LogP contribution in [0.5, 0.6) is 0 Å². The summed E-state index contributed by atoms with van der Waals surface area (Å²) < 4.78 is 2.82. The third-order valence-electron chi connectivity index (χ3n) is 3.88. The van der Waals surface area contributed by atoms with Gasteiger partial charge in [-0.05, 0) is 0 Å². The minimum atomic E-state index is 0.381. The normalized spacial score (nSPS) is 10.6. The second-order valence-electron chi connectivity index (χ2n) is 5.59. The van der Waals surface area contributed by atoms with E-state index in [9.17, 15) is 0 Å². The fourth-order valence-electron chi connectivity index (χ4n) is 2.64. The third-order valence-corrected chi connectivity index (χ3v) is 11.1. The molecule has 0 saturated carbocycles. The van der Waals surface area contributed by atoms with E-state index in [0.29, 0.717) is 26.3 Å². The van der Waals surface area contributed by atoms with Gasteiger partial charge >= 0.3 is 165 Å². The summed E-state index contributed by atoms with van der Waals surface area (Å²) in [6.45, 7) is 0. The zero-order chi connectivity index (χ0) is 17.6. The van der Waals surface area contributed by atoms with Gasteiger partial charge in [0.2, 0.25) is 0 Å². The molecule has 0 unspecified atom stereocenters. The molecule has 4 rings (SSSR count). The molecule has 0 fully saturated rings. The monoisotopic (exact) mass is 468 g/mol. The zero-order valence-electron chi connectivity index (χ0n) is 13.9. The Morgan fingerprint density at radius 1 is 0.462 bits per heavy atom. The van der Waals surface area contributed by atoms with Crippen molar-refractivity contribution in [1.82, 2.24) is 9.97 Å². The van der Waals surface area contributed by atoms with Crippen LogP contribution >= 0.6 is 0 Å². The fraction of sp³-hybridized carbons (Fsp3) is 0. The van der Waals surface area contributed by atoms with Crippen LogP contribution in [-0.2, 0) is 0 Å². The Hall–Kier alpha value is -2.22. The predicted molar refractivity (Wildman–Crippen MR) is 110 cm³/mol. The molecular formula is C22H16N2Se2. The van der Waals surface area contributed by atoms with E-state index in [0.717, 1.165) is 11.4 Å². The molecule has 0 aliphatic rings. The predicted octanol–water partition coefficient (Wildman–Crippen LogP) is 3.08. The first kappa shape index (κ1) is 17.2. The van der Waals surface area contributed by atoms with Crippen LogP contribution in [0.1, 0.15) is 0 Å². The summed E-state index contributed by atoms with van der Waals surface area (Å²) in [5.41, 5.74) is 4.62. The van der Waals surface area contributed by atoms with Gasteiger partial charge in [0.1, 0.15) is 0 Å². The van der Waals surface area contributed by atoms with Crippen molar-refractivity contribution in [1.29, 1.82) is 0 Å². The Kier molecular flexibility index (Phi) is 5.59. The van der Waals surface area contributed by atoms with Gasteiger partial charge in [-0.1, -0.05) is 0 Å². The number of hydrogen-bond acceptors (Lipinski definition) is 2. The standard InChI is InChI=1S/C22H16N2Se2/c1-3-13-21(17(9-1)19-11-5-7-15-23-19)25-26-22-14-4-2-10-18(22)20-12-6-8-16-24-20/h1-16H. The molecule has 2 aromatic heterocycles. The van der Waals surface area contributed by atoms with Crippen LogP contribution in [0.25, 0.3) is 22.5 Å². The first-order chi connectivity index (χ1) is 12.9.